The van der Waals surface area contributed by atoms with Crippen LogP contribution in [0.1, 0.15) is 64.5 Å². The fourth-order valence-corrected chi connectivity index (χ4v) is 4.83. The summed E-state index contributed by atoms with van der Waals surface area (Å²) in [6.07, 6.45) is 7.71. The van der Waals surface area contributed by atoms with E-state index in [0.717, 1.165) is 48.3 Å². The van der Waals surface area contributed by atoms with Crippen LogP contribution in [-0.4, -0.2) is 39.5 Å². The van der Waals surface area contributed by atoms with Gasteiger partial charge < -0.3 is 9.47 Å². The highest BCUT2D eigenvalue weighted by Crippen LogP contribution is 2.41. The van der Waals surface area contributed by atoms with Gasteiger partial charge in [0, 0.05) is 37.1 Å². The van der Waals surface area contributed by atoms with E-state index in [-0.39, 0.29) is 11.6 Å². The maximum Gasteiger partial charge on any atom is 0.170 e. The van der Waals surface area contributed by atoms with Crippen molar-refractivity contribution in [1.82, 2.24) is 14.8 Å². The first-order valence-electron chi connectivity index (χ1n) is 11.4. The van der Waals surface area contributed by atoms with Crippen molar-refractivity contribution in [3.05, 3.63) is 76.9 Å². The highest BCUT2D eigenvalue weighted by Gasteiger charge is 2.40. The number of aryl methyl sites for hydroxylation is 1. The van der Waals surface area contributed by atoms with Crippen LogP contribution in [0.2, 0.25) is 0 Å². The molecule has 1 saturated heterocycles. The van der Waals surface area contributed by atoms with E-state index in [9.17, 15) is 4.79 Å². The largest absolute Gasteiger partial charge is 0.348 e. The Balaban J connectivity index is 1.23. The molecule has 2 fully saturated rings. The number of hydrogen-bond acceptors (Lipinski definition) is 5. The van der Waals surface area contributed by atoms with Gasteiger partial charge in [-0.25, -0.2) is 4.68 Å². The predicted molar refractivity (Wildman–Crippen MR) is 121 cm³/mol. The molecule has 0 bridgehead atoms. The molecule has 1 saturated carbocycles. The van der Waals surface area contributed by atoms with Gasteiger partial charge in [-0.05, 0) is 50.5 Å². The highest BCUT2D eigenvalue weighted by atomic mass is 16.7. The Morgan fingerprint density at radius 2 is 1.75 bits per heavy atom. The van der Waals surface area contributed by atoms with Crippen LogP contribution in [0.3, 0.4) is 0 Å². The highest BCUT2D eigenvalue weighted by molar-refractivity contribution is 5.98. The van der Waals surface area contributed by atoms with Crippen LogP contribution >= 0.6 is 0 Å². The zero-order chi connectivity index (χ0) is 22.1. The molecule has 166 valence electrons. The van der Waals surface area contributed by atoms with Crippen molar-refractivity contribution >= 4 is 5.78 Å². The van der Waals surface area contributed by atoms with Gasteiger partial charge in [0.1, 0.15) is 0 Å². The molecule has 0 amide bonds. The van der Waals surface area contributed by atoms with E-state index in [4.69, 9.17) is 14.5 Å². The quantitative estimate of drug-likeness (QED) is 0.548. The summed E-state index contributed by atoms with van der Waals surface area (Å²) >= 11 is 0. The van der Waals surface area contributed by atoms with Crippen molar-refractivity contribution in [2.75, 3.05) is 13.2 Å². The summed E-state index contributed by atoms with van der Waals surface area (Å²) in [4.78, 5) is 17.6. The number of pyridine rings is 1. The number of nitrogens with zero attached hydrogens (tertiary/aromatic N) is 3. The SMILES string of the molecule is Cc1ccc(-n2ncc(C(=O)Cc3ccc(C4CCC5(CC4)OCCO5)nc3)c2C)cc1. The molecule has 5 rings (SSSR count). The van der Waals surface area contributed by atoms with Gasteiger partial charge in [-0.3, -0.25) is 9.78 Å². The molecule has 1 spiro atoms. The number of hydrogen-bond donors (Lipinski definition) is 0. The molecule has 32 heavy (non-hydrogen) atoms. The third-order valence-electron chi connectivity index (χ3n) is 6.78. The van der Waals surface area contributed by atoms with Gasteiger partial charge in [-0.2, -0.15) is 5.10 Å². The Bertz CT molecular complexity index is 1090. The van der Waals surface area contributed by atoms with Crippen LogP contribution in [0.4, 0.5) is 0 Å². The van der Waals surface area contributed by atoms with Crippen LogP contribution in [0.15, 0.2) is 48.8 Å². The number of rotatable bonds is 5. The number of carbonyl (C=O) groups excluding carboxylic acids is 1. The van der Waals surface area contributed by atoms with E-state index < -0.39 is 0 Å². The molecule has 3 aromatic rings. The summed E-state index contributed by atoms with van der Waals surface area (Å²) in [5, 5.41) is 4.44. The Kier molecular flexibility index (Phi) is 5.66. The molecule has 1 aliphatic heterocycles. The number of benzene rings is 1. The van der Waals surface area contributed by atoms with Gasteiger partial charge in [0.05, 0.1) is 36.4 Å². The second kappa shape index (κ2) is 8.60. The summed E-state index contributed by atoms with van der Waals surface area (Å²) in [5.74, 6) is 0.141. The van der Waals surface area contributed by atoms with E-state index in [1.807, 2.05) is 48.1 Å². The lowest BCUT2D eigenvalue weighted by molar-refractivity contribution is -0.178. The minimum atomic E-state index is -0.344. The van der Waals surface area contributed by atoms with Crippen LogP contribution in [0.25, 0.3) is 5.69 Å². The number of ketones is 1. The van der Waals surface area contributed by atoms with E-state index >= 15 is 0 Å². The molecule has 0 N–H and O–H groups in total. The first kappa shape index (κ1) is 21.0. The number of Topliss-reactive ketones (excluding diaryl/α,β-unsaturated/α-hetero) is 1. The maximum absolute atomic E-state index is 13.0. The minimum absolute atomic E-state index is 0.0607. The Hall–Kier alpha value is -2.83. The van der Waals surface area contributed by atoms with Gasteiger partial charge in [0.2, 0.25) is 0 Å². The average molecular weight is 432 g/mol. The molecular formula is C26H29N3O3. The molecule has 6 nitrogen and oxygen atoms in total. The van der Waals surface area contributed by atoms with E-state index in [1.165, 1.54) is 5.56 Å². The third-order valence-corrected chi connectivity index (χ3v) is 6.78. The fraction of sp³-hybridized carbons (Fsp3) is 0.423. The summed E-state index contributed by atoms with van der Waals surface area (Å²) in [6.45, 7) is 5.40. The van der Waals surface area contributed by atoms with Crippen molar-refractivity contribution in [1.29, 1.82) is 0 Å². The molecule has 2 aromatic heterocycles. The number of ether oxygens (including phenoxy) is 2. The molecule has 0 radical (unpaired) electrons. The standard InChI is InChI=1S/C26H29N3O3/c1-18-3-6-22(7-4-18)29-19(2)23(17-28-29)25(30)15-20-5-8-24(27-16-20)21-9-11-26(12-10-21)31-13-14-32-26/h3-8,16-17,21H,9-15H2,1-2H3. The zero-order valence-electron chi connectivity index (χ0n) is 18.7. The van der Waals surface area contributed by atoms with Crippen molar-refractivity contribution < 1.29 is 14.3 Å². The predicted octanol–water partition coefficient (Wildman–Crippen LogP) is 4.71. The Labute approximate surface area is 188 Å². The molecular weight excluding hydrogens is 402 g/mol. The fourth-order valence-electron chi connectivity index (χ4n) is 4.83. The number of aromatic nitrogens is 3. The Morgan fingerprint density at radius 1 is 1.03 bits per heavy atom. The monoisotopic (exact) mass is 431 g/mol. The smallest absolute Gasteiger partial charge is 0.170 e. The molecule has 1 aromatic carbocycles. The zero-order valence-corrected chi connectivity index (χ0v) is 18.7. The minimum Gasteiger partial charge on any atom is -0.348 e. The molecule has 2 aliphatic rings. The van der Waals surface area contributed by atoms with Crippen LogP contribution in [0.5, 0.6) is 0 Å². The summed E-state index contributed by atoms with van der Waals surface area (Å²) in [6, 6.07) is 12.2. The van der Waals surface area contributed by atoms with Crippen molar-refractivity contribution in [3.63, 3.8) is 0 Å². The number of carbonyl (C=O) groups is 1. The summed E-state index contributed by atoms with van der Waals surface area (Å²) in [5.41, 5.74) is 5.69. The van der Waals surface area contributed by atoms with Crippen molar-refractivity contribution in [2.24, 2.45) is 0 Å². The van der Waals surface area contributed by atoms with Crippen molar-refractivity contribution in [3.8, 4) is 5.69 Å². The molecule has 0 atom stereocenters. The van der Waals surface area contributed by atoms with Crippen LogP contribution in [0, 0.1) is 13.8 Å². The normalized spacial score (nSPS) is 18.3. The summed E-state index contributed by atoms with van der Waals surface area (Å²) in [7, 11) is 0. The average Bonchev–Trinajstić information content (AvgIpc) is 3.42. The molecule has 1 aliphatic carbocycles. The van der Waals surface area contributed by atoms with E-state index in [1.54, 1.807) is 6.20 Å². The first-order valence-corrected chi connectivity index (χ1v) is 11.4. The van der Waals surface area contributed by atoms with E-state index in [0.29, 0.717) is 31.1 Å². The second-order valence-corrected chi connectivity index (χ2v) is 8.96. The lowest BCUT2D eigenvalue weighted by Crippen LogP contribution is -2.34. The topological polar surface area (TPSA) is 66.2 Å². The van der Waals surface area contributed by atoms with Gasteiger partial charge in [-0.15, -0.1) is 0 Å². The molecule has 6 heteroatoms. The molecule has 3 heterocycles. The van der Waals surface area contributed by atoms with E-state index in [2.05, 4.69) is 18.1 Å². The van der Waals surface area contributed by atoms with Gasteiger partial charge in [0.25, 0.3) is 0 Å². The van der Waals surface area contributed by atoms with Gasteiger partial charge in [0.15, 0.2) is 11.6 Å². The maximum atomic E-state index is 13.0. The third kappa shape index (κ3) is 4.12. The van der Waals surface area contributed by atoms with Gasteiger partial charge in [-0.1, -0.05) is 23.8 Å². The second-order valence-electron chi connectivity index (χ2n) is 8.96. The lowest BCUT2D eigenvalue weighted by Gasteiger charge is -2.35. The summed E-state index contributed by atoms with van der Waals surface area (Å²) < 4.78 is 13.5. The first-order chi connectivity index (χ1) is 15.5. The Morgan fingerprint density at radius 3 is 2.41 bits per heavy atom. The van der Waals surface area contributed by atoms with Crippen molar-refractivity contribution in [2.45, 2.75) is 57.7 Å². The molecule has 0 unspecified atom stereocenters. The van der Waals surface area contributed by atoms with Crippen LogP contribution in [-0.2, 0) is 15.9 Å². The van der Waals surface area contributed by atoms with Crippen LogP contribution < -0.4 is 0 Å². The van der Waals surface area contributed by atoms with Gasteiger partial charge >= 0.3 is 0 Å². The lowest BCUT2D eigenvalue weighted by atomic mass is 9.83.